The molecular weight excluding hydrogens is 359 g/mol. The quantitative estimate of drug-likeness (QED) is 0.655. The average molecular weight is 375 g/mol. The first kappa shape index (κ1) is 16.6. The zero-order valence-electron chi connectivity index (χ0n) is 13.3. The standard InChI is InChI=1S/C19H16Cl2N2O2/c20-16-5-1-14(2-6-16)18-11-24-19(25-18,12-23-10-9-22-13-23)15-3-7-17(21)8-4-15/h1-10,13,18H,11-12H2. The molecule has 1 aliphatic heterocycles. The van der Waals surface area contributed by atoms with E-state index in [4.69, 9.17) is 32.7 Å². The van der Waals surface area contributed by atoms with Crippen LogP contribution in [-0.4, -0.2) is 16.2 Å². The molecule has 1 aromatic heterocycles. The van der Waals surface area contributed by atoms with Crippen molar-refractivity contribution in [2.24, 2.45) is 0 Å². The summed E-state index contributed by atoms with van der Waals surface area (Å²) in [6.45, 7) is 0.956. The van der Waals surface area contributed by atoms with Crippen molar-refractivity contribution >= 4 is 23.2 Å². The van der Waals surface area contributed by atoms with E-state index in [0.717, 1.165) is 11.1 Å². The van der Waals surface area contributed by atoms with Gasteiger partial charge in [0.25, 0.3) is 0 Å². The van der Waals surface area contributed by atoms with Crippen LogP contribution >= 0.6 is 23.2 Å². The van der Waals surface area contributed by atoms with Crippen LogP contribution in [0.4, 0.5) is 0 Å². The summed E-state index contributed by atoms with van der Waals surface area (Å²) in [5.41, 5.74) is 1.95. The van der Waals surface area contributed by atoms with Gasteiger partial charge in [0.05, 0.1) is 19.5 Å². The summed E-state index contributed by atoms with van der Waals surface area (Å²) in [7, 11) is 0. The van der Waals surface area contributed by atoms with Crippen LogP contribution in [0.2, 0.25) is 10.0 Å². The van der Waals surface area contributed by atoms with Crippen molar-refractivity contribution < 1.29 is 9.47 Å². The zero-order chi connectivity index (χ0) is 17.3. The highest BCUT2D eigenvalue weighted by molar-refractivity contribution is 6.30. The molecule has 1 fully saturated rings. The van der Waals surface area contributed by atoms with Crippen molar-refractivity contribution in [1.29, 1.82) is 0 Å². The van der Waals surface area contributed by atoms with Gasteiger partial charge in [-0.2, -0.15) is 0 Å². The lowest BCUT2D eigenvalue weighted by Gasteiger charge is -2.29. The summed E-state index contributed by atoms with van der Waals surface area (Å²) in [6.07, 6.45) is 5.21. The minimum Gasteiger partial charge on any atom is -0.341 e. The van der Waals surface area contributed by atoms with Gasteiger partial charge in [-0.05, 0) is 29.8 Å². The third-order valence-corrected chi connectivity index (χ3v) is 4.78. The van der Waals surface area contributed by atoms with Crippen LogP contribution in [0.1, 0.15) is 17.2 Å². The molecule has 0 radical (unpaired) electrons. The van der Waals surface area contributed by atoms with Crippen LogP contribution < -0.4 is 0 Å². The first-order valence-electron chi connectivity index (χ1n) is 7.94. The Morgan fingerprint density at radius 2 is 1.72 bits per heavy atom. The topological polar surface area (TPSA) is 36.3 Å². The Kier molecular flexibility index (Phi) is 4.52. The summed E-state index contributed by atoms with van der Waals surface area (Å²) in [4.78, 5) is 4.11. The molecule has 2 atom stereocenters. The van der Waals surface area contributed by atoms with Crippen LogP contribution in [-0.2, 0) is 21.8 Å². The minimum absolute atomic E-state index is 0.170. The first-order valence-corrected chi connectivity index (χ1v) is 8.69. The Morgan fingerprint density at radius 3 is 2.36 bits per heavy atom. The second-order valence-electron chi connectivity index (χ2n) is 5.96. The number of rotatable bonds is 4. The maximum atomic E-state index is 6.42. The monoisotopic (exact) mass is 374 g/mol. The number of benzene rings is 2. The largest absolute Gasteiger partial charge is 0.341 e. The SMILES string of the molecule is Clc1ccc(C2COC(Cn3ccnc3)(c3ccc(Cl)cc3)O2)cc1. The van der Waals surface area contributed by atoms with E-state index in [9.17, 15) is 0 Å². The van der Waals surface area contributed by atoms with E-state index in [0.29, 0.717) is 23.2 Å². The van der Waals surface area contributed by atoms with E-state index in [1.807, 2.05) is 59.3 Å². The highest BCUT2D eigenvalue weighted by Crippen LogP contribution is 2.42. The summed E-state index contributed by atoms with van der Waals surface area (Å²) in [6, 6.07) is 15.2. The van der Waals surface area contributed by atoms with Gasteiger partial charge in [0.1, 0.15) is 6.10 Å². The predicted molar refractivity (Wildman–Crippen MR) is 96.6 cm³/mol. The third kappa shape index (κ3) is 3.44. The molecule has 25 heavy (non-hydrogen) atoms. The first-order chi connectivity index (χ1) is 12.1. The molecule has 2 aromatic carbocycles. The number of halogens is 2. The van der Waals surface area contributed by atoms with Gasteiger partial charge in [0.2, 0.25) is 5.79 Å². The molecule has 0 amide bonds. The van der Waals surface area contributed by atoms with Gasteiger partial charge in [0, 0.05) is 28.0 Å². The van der Waals surface area contributed by atoms with Crippen molar-refractivity contribution in [3.63, 3.8) is 0 Å². The van der Waals surface area contributed by atoms with Crippen molar-refractivity contribution in [2.45, 2.75) is 18.4 Å². The molecule has 128 valence electrons. The molecule has 1 saturated heterocycles. The number of nitrogens with zero attached hydrogens (tertiary/aromatic N) is 2. The Morgan fingerprint density at radius 1 is 1.04 bits per heavy atom. The minimum atomic E-state index is -0.893. The molecule has 1 aliphatic rings. The molecule has 2 heterocycles. The van der Waals surface area contributed by atoms with E-state index in [-0.39, 0.29) is 6.10 Å². The fourth-order valence-corrected chi connectivity index (χ4v) is 3.25. The summed E-state index contributed by atoms with van der Waals surface area (Å²) in [5, 5.41) is 1.37. The lowest BCUT2D eigenvalue weighted by Crippen LogP contribution is -2.32. The molecule has 0 aliphatic carbocycles. The van der Waals surface area contributed by atoms with E-state index < -0.39 is 5.79 Å². The van der Waals surface area contributed by atoms with Gasteiger partial charge in [-0.1, -0.05) is 47.5 Å². The van der Waals surface area contributed by atoms with Crippen LogP contribution in [0.3, 0.4) is 0 Å². The summed E-state index contributed by atoms with van der Waals surface area (Å²) in [5.74, 6) is -0.893. The van der Waals surface area contributed by atoms with Gasteiger partial charge in [-0.3, -0.25) is 0 Å². The van der Waals surface area contributed by atoms with Gasteiger partial charge in [-0.25, -0.2) is 4.98 Å². The second-order valence-corrected chi connectivity index (χ2v) is 6.84. The van der Waals surface area contributed by atoms with Crippen molar-refractivity contribution in [3.05, 3.63) is 88.4 Å². The summed E-state index contributed by atoms with van der Waals surface area (Å²) >= 11 is 12.0. The number of hydrogen-bond acceptors (Lipinski definition) is 3. The molecule has 6 heteroatoms. The molecule has 0 saturated carbocycles. The van der Waals surface area contributed by atoms with Crippen LogP contribution in [0.15, 0.2) is 67.3 Å². The van der Waals surface area contributed by atoms with Crippen molar-refractivity contribution in [3.8, 4) is 0 Å². The van der Waals surface area contributed by atoms with E-state index in [1.54, 1.807) is 12.5 Å². The number of hydrogen-bond donors (Lipinski definition) is 0. The number of ether oxygens (including phenoxy) is 2. The normalized spacial score (nSPS) is 23.0. The lowest BCUT2D eigenvalue weighted by atomic mass is 10.1. The van der Waals surface area contributed by atoms with Gasteiger partial charge >= 0.3 is 0 Å². The predicted octanol–water partition coefficient (Wildman–Crippen LogP) is 4.83. The van der Waals surface area contributed by atoms with Crippen molar-refractivity contribution in [1.82, 2.24) is 9.55 Å². The molecular formula is C19H16Cl2N2O2. The Bertz CT molecular complexity index is 835. The van der Waals surface area contributed by atoms with Gasteiger partial charge < -0.3 is 14.0 Å². The van der Waals surface area contributed by atoms with E-state index in [2.05, 4.69) is 4.98 Å². The molecule has 0 spiro atoms. The Balaban J connectivity index is 1.67. The average Bonchev–Trinajstić information content (AvgIpc) is 3.27. The molecule has 0 N–H and O–H groups in total. The molecule has 0 bridgehead atoms. The molecule has 3 aromatic rings. The third-order valence-electron chi connectivity index (χ3n) is 4.28. The van der Waals surface area contributed by atoms with Crippen LogP contribution in [0, 0.1) is 0 Å². The van der Waals surface area contributed by atoms with Crippen LogP contribution in [0.5, 0.6) is 0 Å². The Hall–Kier alpha value is -1.85. The van der Waals surface area contributed by atoms with Gasteiger partial charge in [-0.15, -0.1) is 0 Å². The zero-order valence-corrected chi connectivity index (χ0v) is 14.8. The lowest BCUT2D eigenvalue weighted by molar-refractivity contribution is -0.187. The van der Waals surface area contributed by atoms with E-state index in [1.165, 1.54) is 0 Å². The Labute approximate surface area is 155 Å². The van der Waals surface area contributed by atoms with Gasteiger partial charge in [0.15, 0.2) is 0 Å². The van der Waals surface area contributed by atoms with Crippen molar-refractivity contribution in [2.75, 3.05) is 6.61 Å². The summed E-state index contributed by atoms with van der Waals surface area (Å²) < 4.78 is 14.6. The fraction of sp³-hybridized carbons (Fsp3) is 0.211. The second kappa shape index (κ2) is 6.81. The van der Waals surface area contributed by atoms with E-state index >= 15 is 0 Å². The highest BCUT2D eigenvalue weighted by Gasteiger charge is 2.44. The number of aromatic nitrogens is 2. The highest BCUT2D eigenvalue weighted by atomic mass is 35.5. The molecule has 4 nitrogen and oxygen atoms in total. The fourth-order valence-electron chi connectivity index (χ4n) is 3.00. The smallest absolute Gasteiger partial charge is 0.214 e. The maximum absolute atomic E-state index is 6.42. The van der Waals surface area contributed by atoms with Crippen LogP contribution in [0.25, 0.3) is 0 Å². The maximum Gasteiger partial charge on any atom is 0.214 e. The molecule has 2 unspecified atom stereocenters. The molecule has 4 rings (SSSR count). The number of imidazole rings is 1.